The second kappa shape index (κ2) is 8.19. The van der Waals surface area contributed by atoms with Crippen LogP contribution in [0.25, 0.3) is 0 Å². The first-order chi connectivity index (χ1) is 11.0. The smallest absolute Gasteiger partial charge is 0.191 e. The molecule has 6 nitrogen and oxygen atoms in total. The molecule has 1 unspecified atom stereocenters. The summed E-state index contributed by atoms with van der Waals surface area (Å²) in [5.41, 5.74) is 1.23. The van der Waals surface area contributed by atoms with Crippen molar-refractivity contribution in [2.75, 3.05) is 43.1 Å². The van der Waals surface area contributed by atoms with Crippen molar-refractivity contribution < 1.29 is 8.42 Å². The summed E-state index contributed by atoms with van der Waals surface area (Å²) in [7, 11) is -2.98. The van der Waals surface area contributed by atoms with Crippen LogP contribution in [0.15, 0.2) is 35.3 Å². The predicted octanol–water partition coefficient (Wildman–Crippen LogP) is 0.865. The maximum absolute atomic E-state index is 11.2. The van der Waals surface area contributed by atoms with Gasteiger partial charge in [0.25, 0.3) is 0 Å². The van der Waals surface area contributed by atoms with Gasteiger partial charge in [-0.3, -0.25) is 4.99 Å². The van der Waals surface area contributed by atoms with Crippen molar-refractivity contribution in [3.63, 3.8) is 0 Å². The summed E-state index contributed by atoms with van der Waals surface area (Å²) in [5, 5.41) is 6.58. The van der Waals surface area contributed by atoms with Gasteiger partial charge < -0.3 is 15.5 Å². The molecule has 7 heteroatoms. The van der Waals surface area contributed by atoms with E-state index in [-0.39, 0.29) is 12.3 Å². The normalized spacial score (nSPS) is 19.0. The highest BCUT2D eigenvalue weighted by Crippen LogP contribution is 2.19. The molecule has 23 heavy (non-hydrogen) atoms. The highest BCUT2D eigenvalue weighted by Gasteiger charge is 2.23. The average Bonchev–Trinajstić information content (AvgIpc) is 2.95. The molecule has 1 aromatic carbocycles. The lowest BCUT2D eigenvalue weighted by molar-refractivity contribution is 0.601. The molecule has 0 radical (unpaired) electrons. The summed E-state index contributed by atoms with van der Waals surface area (Å²) in [4.78, 5) is 6.70. The lowest BCUT2D eigenvalue weighted by Gasteiger charge is -2.20. The third kappa shape index (κ3) is 6.09. The van der Waals surface area contributed by atoms with Gasteiger partial charge in [-0.25, -0.2) is 8.42 Å². The molecule has 1 saturated heterocycles. The maximum atomic E-state index is 11.2. The Morgan fingerprint density at radius 3 is 2.74 bits per heavy atom. The minimum absolute atomic E-state index is 0.0738. The Kier molecular flexibility index (Phi) is 6.27. The van der Waals surface area contributed by atoms with E-state index in [0.717, 1.165) is 26.1 Å². The van der Waals surface area contributed by atoms with Crippen LogP contribution in [0.5, 0.6) is 0 Å². The zero-order valence-electron chi connectivity index (χ0n) is 13.8. The number of sulfone groups is 1. The summed E-state index contributed by atoms with van der Waals surface area (Å²) >= 11 is 0. The van der Waals surface area contributed by atoms with Crippen molar-refractivity contribution in [3.05, 3.63) is 30.3 Å². The molecule has 0 saturated carbocycles. The van der Waals surface area contributed by atoms with Crippen molar-refractivity contribution in [2.45, 2.75) is 19.4 Å². The summed E-state index contributed by atoms with van der Waals surface area (Å²) in [6.07, 6.45) is 2.27. The monoisotopic (exact) mass is 338 g/mol. The molecular formula is C16H26N4O2S. The third-order valence-electron chi connectivity index (χ3n) is 3.73. The van der Waals surface area contributed by atoms with Crippen LogP contribution >= 0.6 is 0 Å². The van der Waals surface area contributed by atoms with Crippen molar-refractivity contribution >= 4 is 21.5 Å². The SMILES string of the molecule is CCNC(=NCCS(C)(=O)=O)NC1CCN(c2ccccc2)C1. The van der Waals surface area contributed by atoms with E-state index in [0.29, 0.717) is 12.0 Å². The van der Waals surface area contributed by atoms with Crippen molar-refractivity contribution in [2.24, 2.45) is 4.99 Å². The first kappa shape index (κ1) is 17.6. The predicted molar refractivity (Wildman–Crippen MR) is 95.9 cm³/mol. The van der Waals surface area contributed by atoms with E-state index in [1.54, 1.807) is 0 Å². The molecule has 1 atom stereocenters. The number of benzene rings is 1. The van der Waals surface area contributed by atoms with Crippen LogP contribution in [0.1, 0.15) is 13.3 Å². The fourth-order valence-electron chi connectivity index (χ4n) is 2.59. The van der Waals surface area contributed by atoms with E-state index >= 15 is 0 Å². The molecule has 0 spiro atoms. The van der Waals surface area contributed by atoms with E-state index in [1.165, 1.54) is 11.9 Å². The van der Waals surface area contributed by atoms with Crippen LogP contribution < -0.4 is 15.5 Å². The largest absolute Gasteiger partial charge is 0.369 e. The molecule has 0 amide bonds. The van der Waals surface area contributed by atoms with E-state index in [4.69, 9.17) is 0 Å². The molecule has 128 valence electrons. The molecule has 0 aromatic heterocycles. The van der Waals surface area contributed by atoms with Crippen LogP contribution in [0.3, 0.4) is 0 Å². The second-order valence-electron chi connectivity index (χ2n) is 5.80. The van der Waals surface area contributed by atoms with Gasteiger partial charge >= 0.3 is 0 Å². The first-order valence-electron chi connectivity index (χ1n) is 8.00. The minimum atomic E-state index is -2.98. The highest BCUT2D eigenvalue weighted by atomic mass is 32.2. The van der Waals surface area contributed by atoms with Gasteiger partial charge in [0.05, 0.1) is 12.3 Å². The number of anilines is 1. The molecule has 2 N–H and O–H groups in total. The molecule has 1 aromatic rings. The topological polar surface area (TPSA) is 73.8 Å². The Hall–Kier alpha value is -1.76. The van der Waals surface area contributed by atoms with Crippen molar-refractivity contribution in [1.82, 2.24) is 10.6 Å². The highest BCUT2D eigenvalue weighted by molar-refractivity contribution is 7.90. The Bertz CT molecular complexity index is 616. The standard InChI is InChI=1S/C16H26N4O2S/c1-3-17-16(18-10-12-23(2,21)22)19-14-9-11-20(13-14)15-7-5-4-6-8-15/h4-8,14H,3,9-13H2,1-2H3,(H2,17,18,19). The van der Waals surface area contributed by atoms with Crippen LogP contribution in [-0.4, -0.2) is 58.6 Å². The van der Waals surface area contributed by atoms with E-state index in [9.17, 15) is 8.42 Å². The van der Waals surface area contributed by atoms with Crippen LogP contribution in [0, 0.1) is 0 Å². The molecule has 1 heterocycles. The Morgan fingerprint density at radius 1 is 1.35 bits per heavy atom. The third-order valence-corrected chi connectivity index (χ3v) is 4.65. The number of para-hydroxylation sites is 1. The van der Waals surface area contributed by atoms with Gasteiger partial charge in [0.15, 0.2) is 5.96 Å². The van der Waals surface area contributed by atoms with Crippen molar-refractivity contribution in [3.8, 4) is 0 Å². The van der Waals surface area contributed by atoms with Gasteiger partial charge in [0.1, 0.15) is 9.84 Å². The molecule has 0 bridgehead atoms. The summed E-state index contributed by atoms with van der Waals surface area (Å²) < 4.78 is 22.4. The number of hydrogen-bond donors (Lipinski definition) is 2. The fourth-order valence-corrected chi connectivity index (χ4v) is 3.01. The first-order valence-corrected chi connectivity index (χ1v) is 10.1. The van der Waals surface area contributed by atoms with Crippen LogP contribution in [0.2, 0.25) is 0 Å². The average molecular weight is 338 g/mol. The number of rotatable bonds is 6. The summed E-state index contributed by atoms with van der Waals surface area (Å²) in [6.45, 7) is 4.95. The zero-order valence-corrected chi connectivity index (χ0v) is 14.6. The van der Waals surface area contributed by atoms with Gasteiger partial charge in [-0.05, 0) is 25.5 Å². The number of hydrogen-bond acceptors (Lipinski definition) is 4. The molecule has 2 rings (SSSR count). The molecule has 1 aliphatic heterocycles. The van der Waals surface area contributed by atoms with E-state index in [1.807, 2.05) is 25.1 Å². The number of aliphatic imine (C=N–C) groups is 1. The molecule has 1 fully saturated rings. The number of guanidine groups is 1. The molecule has 1 aliphatic rings. The quantitative estimate of drug-likeness (QED) is 0.595. The Morgan fingerprint density at radius 2 is 2.09 bits per heavy atom. The maximum Gasteiger partial charge on any atom is 0.191 e. The number of nitrogens with zero attached hydrogens (tertiary/aromatic N) is 2. The van der Waals surface area contributed by atoms with E-state index in [2.05, 4.69) is 32.7 Å². The van der Waals surface area contributed by atoms with Gasteiger partial charge in [0.2, 0.25) is 0 Å². The summed E-state index contributed by atoms with van der Waals surface area (Å²) in [6, 6.07) is 10.7. The van der Waals surface area contributed by atoms with Crippen LogP contribution in [0.4, 0.5) is 5.69 Å². The lowest BCUT2D eigenvalue weighted by Crippen LogP contribution is -2.44. The number of nitrogens with one attached hydrogen (secondary N) is 2. The minimum Gasteiger partial charge on any atom is -0.369 e. The fraction of sp³-hybridized carbons (Fsp3) is 0.562. The summed E-state index contributed by atoms with van der Waals surface area (Å²) in [5.74, 6) is 0.765. The van der Waals surface area contributed by atoms with Gasteiger partial charge in [-0.15, -0.1) is 0 Å². The Labute approximate surface area is 138 Å². The van der Waals surface area contributed by atoms with E-state index < -0.39 is 9.84 Å². The van der Waals surface area contributed by atoms with Crippen LogP contribution in [-0.2, 0) is 9.84 Å². The molecule has 0 aliphatic carbocycles. The van der Waals surface area contributed by atoms with Gasteiger partial charge in [-0.1, -0.05) is 18.2 Å². The molecular weight excluding hydrogens is 312 g/mol. The Balaban J connectivity index is 1.89. The van der Waals surface area contributed by atoms with Gasteiger partial charge in [-0.2, -0.15) is 0 Å². The zero-order chi connectivity index (χ0) is 16.7. The lowest BCUT2D eigenvalue weighted by atomic mass is 10.3. The second-order valence-corrected chi connectivity index (χ2v) is 8.06. The van der Waals surface area contributed by atoms with Gasteiger partial charge in [0, 0.05) is 37.6 Å². The van der Waals surface area contributed by atoms with Crippen molar-refractivity contribution in [1.29, 1.82) is 0 Å².